The minimum atomic E-state index is 0.711. The van der Waals surface area contributed by atoms with Gasteiger partial charge >= 0.3 is 0 Å². The van der Waals surface area contributed by atoms with Gasteiger partial charge in [-0.2, -0.15) is 0 Å². The van der Waals surface area contributed by atoms with Crippen LogP contribution in [0.3, 0.4) is 0 Å². The molecule has 0 aliphatic rings. The Bertz CT molecular complexity index is 732. The van der Waals surface area contributed by atoms with E-state index in [1.54, 1.807) is 0 Å². The molecule has 0 bridgehead atoms. The summed E-state index contributed by atoms with van der Waals surface area (Å²) in [5.74, 6) is 0.711. The third-order valence-corrected chi connectivity index (χ3v) is 3.63. The van der Waals surface area contributed by atoms with Gasteiger partial charge in [-0.3, -0.25) is 4.40 Å². The third-order valence-electron chi connectivity index (χ3n) is 3.20. The fourth-order valence-corrected chi connectivity index (χ4v) is 2.80. The van der Waals surface area contributed by atoms with Crippen LogP contribution >= 0.6 is 15.9 Å². The van der Waals surface area contributed by atoms with Gasteiger partial charge in [0.1, 0.15) is 11.5 Å². The summed E-state index contributed by atoms with van der Waals surface area (Å²) in [6.45, 7) is 2.04. The summed E-state index contributed by atoms with van der Waals surface area (Å²) in [6, 6.07) is 12.3. The predicted molar refractivity (Wildman–Crippen MR) is 81.3 cm³/mol. The average molecular weight is 316 g/mol. The molecule has 4 heteroatoms. The maximum Gasteiger partial charge on any atom is 0.141 e. The number of anilines is 1. The molecule has 0 saturated carbocycles. The van der Waals surface area contributed by atoms with E-state index in [9.17, 15) is 0 Å². The topological polar surface area (TPSA) is 43.3 Å². The number of nitrogens with two attached hydrogens (primary N) is 1. The molecule has 3 nitrogen and oxygen atoms in total. The number of nitrogens with zero attached hydrogens (tertiary/aromatic N) is 2. The number of imidazole rings is 1. The highest BCUT2D eigenvalue weighted by atomic mass is 79.9. The predicted octanol–water partition coefficient (Wildman–Crippen LogP) is 3.58. The highest BCUT2D eigenvalue weighted by molar-refractivity contribution is 9.10. The van der Waals surface area contributed by atoms with Crippen molar-refractivity contribution in [3.05, 3.63) is 63.9 Å². The number of benzene rings is 1. The smallest absolute Gasteiger partial charge is 0.141 e. The first-order valence-corrected chi connectivity index (χ1v) is 6.91. The molecule has 3 aromatic rings. The van der Waals surface area contributed by atoms with E-state index in [0.29, 0.717) is 5.82 Å². The quantitative estimate of drug-likeness (QED) is 0.785. The number of aryl methyl sites for hydroxylation is 1. The zero-order valence-electron chi connectivity index (χ0n) is 10.6. The van der Waals surface area contributed by atoms with E-state index < -0.39 is 0 Å². The van der Waals surface area contributed by atoms with Crippen LogP contribution in [0.5, 0.6) is 0 Å². The highest BCUT2D eigenvalue weighted by Crippen LogP contribution is 2.23. The van der Waals surface area contributed by atoms with Gasteiger partial charge in [-0.15, -0.1) is 0 Å². The van der Waals surface area contributed by atoms with Crippen molar-refractivity contribution in [3.63, 3.8) is 0 Å². The van der Waals surface area contributed by atoms with Crippen molar-refractivity contribution in [2.75, 3.05) is 5.73 Å². The highest BCUT2D eigenvalue weighted by Gasteiger charge is 2.11. The molecule has 2 N–H and O–H groups in total. The molecule has 2 aromatic heterocycles. The van der Waals surface area contributed by atoms with E-state index in [4.69, 9.17) is 5.73 Å². The number of fused-ring (bicyclic) bond motifs is 1. The van der Waals surface area contributed by atoms with Gasteiger partial charge in [0.25, 0.3) is 0 Å². The van der Waals surface area contributed by atoms with Crippen molar-refractivity contribution in [2.24, 2.45) is 0 Å². The molecule has 0 spiro atoms. The Morgan fingerprint density at radius 2 is 2.00 bits per heavy atom. The monoisotopic (exact) mass is 315 g/mol. The molecule has 0 saturated heterocycles. The van der Waals surface area contributed by atoms with Crippen molar-refractivity contribution < 1.29 is 0 Å². The largest absolute Gasteiger partial charge is 0.383 e. The molecule has 0 aliphatic heterocycles. The number of aromatic nitrogens is 2. The number of hydrogen-bond acceptors (Lipinski definition) is 2. The molecule has 19 heavy (non-hydrogen) atoms. The van der Waals surface area contributed by atoms with Crippen molar-refractivity contribution in [2.45, 2.75) is 13.3 Å². The normalized spacial score (nSPS) is 11.1. The molecule has 0 atom stereocenters. The van der Waals surface area contributed by atoms with Crippen molar-refractivity contribution in [1.29, 1.82) is 0 Å². The van der Waals surface area contributed by atoms with Gasteiger partial charge in [0.15, 0.2) is 0 Å². The first kappa shape index (κ1) is 12.2. The Hall–Kier alpha value is -1.81. The number of rotatable bonds is 2. The van der Waals surface area contributed by atoms with Crippen LogP contribution in [0.4, 0.5) is 5.82 Å². The van der Waals surface area contributed by atoms with Crippen LogP contribution in [0, 0.1) is 6.92 Å². The molecule has 0 unspecified atom stereocenters. The van der Waals surface area contributed by atoms with Gasteiger partial charge in [0.05, 0.1) is 5.69 Å². The SMILES string of the molecule is Cc1cc(Br)cn2c(N)c(Cc3ccccc3)nc12. The molecule has 0 amide bonds. The van der Waals surface area contributed by atoms with Crippen molar-refractivity contribution in [1.82, 2.24) is 9.38 Å². The third kappa shape index (κ3) is 2.24. The summed E-state index contributed by atoms with van der Waals surface area (Å²) in [6.07, 6.45) is 2.71. The van der Waals surface area contributed by atoms with E-state index in [1.165, 1.54) is 5.56 Å². The van der Waals surface area contributed by atoms with Crippen LogP contribution in [0.1, 0.15) is 16.8 Å². The summed E-state index contributed by atoms with van der Waals surface area (Å²) in [5.41, 5.74) is 10.4. The summed E-state index contributed by atoms with van der Waals surface area (Å²) in [4.78, 5) is 4.67. The molecule has 0 aliphatic carbocycles. The minimum absolute atomic E-state index is 0.711. The molecule has 0 radical (unpaired) electrons. The maximum atomic E-state index is 6.20. The molecule has 0 fully saturated rings. The second kappa shape index (κ2) is 4.70. The van der Waals surface area contributed by atoms with E-state index in [1.807, 2.05) is 41.8 Å². The van der Waals surface area contributed by atoms with E-state index in [2.05, 4.69) is 33.0 Å². The minimum Gasteiger partial charge on any atom is -0.383 e. The number of hydrogen-bond donors (Lipinski definition) is 1. The van der Waals surface area contributed by atoms with Crippen LogP contribution in [0.25, 0.3) is 5.65 Å². The Balaban J connectivity index is 2.10. The Kier molecular flexibility index (Phi) is 3.03. The standard InChI is InChI=1S/C15H14BrN3/c1-10-7-12(16)9-19-14(17)13(18-15(10)19)8-11-5-3-2-4-6-11/h2-7,9H,8,17H2,1H3. The van der Waals surface area contributed by atoms with E-state index >= 15 is 0 Å². The second-order valence-electron chi connectivity index (χ2n) is 4.64. The van der Waals surface area contributed by atoms with Gasteiger partial charge in [-0.1, -0.05) is 30.3 Å². The molecule has 96 valence electrons. The lowest BCUT2D eigenvalue weighted by Crippen LogP contribution is -1.97. The fraction of sp³-hybridized carbons (Fsp3) is 0.133. The maximum absolute atomic E-state index is 6.20. The van der Waals surface area contributed by atoms with E-state index in [0.717, 1.165) is 27.8 Å². The first-order chi connectivity index (χ1) is 9.15. The van der Waals surface area contributed by atoms with Crippen LogP contribution in [0.15, 0.2) is 47.1 Å². The lowest BCUT2D eigenvalue weighted by molar-refractivity contribution is 1.12. The second-order valence-corrected chi connectivity index (χ2v) is 5.56. The summed E-state index contributed by atoms with van der Waals surface area (Å²) in [5, 5.41) is 0. The molecule has 2 heterocycles. The summed E-state index contributed by atoms with van der Waals surface area (Å²) < 4.78 is 2.95. The van der Waals surface area contributed by atoms with E-state index in [-0.39, 0.29) is 0 Å². The van der Waals surface area contributed by atoms with Gasteiger partial charge in [-0.25, -0.2) is 4.98 Å². The first-order valence-electron chi connectivity index (χ1n) is 6.11. The average Bonchev–Trinajstić information content (AvgIpc) is 2.69. The van der Waals surface area contributed by atoms with Gasteiger partial charge in [0.2, 0.25) is 0 Å². The van der Waals surface area contributed by atoms with Gasteiger partial charge < -0.3 is 5.73 Å². The van der Waals surface area contributed by atoms with Crippen LogP contribution < -0.4 is 5.73 Å². The van der Waals surface area contributed by atoms with Crippen LogP contribution in [0.2, 0.25) is 0 Å². The lowest BCUT2D eigenvalue weighted by Gasteiger charge is -2.01. The Morgan fingerprint density at radius 1 is 1.26 bits per heavy atom. The number of halogens is 1. The van der Waals surface area contributed by atoms with Crippen LogP contribution in [-0.4, -0.2) is 9.38 Å². The summed E-state index contributed by atoms with van der Waals surface area (Å²) >= 11 is 3.49. The lowest BCUT2D eigenvalue weighted by atomic mass is 10.1. The van der Waals surface area contributed by atoms with Gasteiger partial charge in [-0.05, 0) is 40.0 Å². The fourth-order valence-electron chi connectivity index (χ4n) is 2.25. The molecule has 3 rings (SSSR count). The number of nitrogen functional groups attached to an aromatic ring is 1. The van der Waals surface area contributed by atoms with Gasteiger partial charge in [0, 0.05) is 17.1 Å². The van der Waals surface area contributed by atoms with Crippen molar-refractivity contribution >= 4 is 27.4 Å². The molecule has 1 aromatic carbocycles. The zero-order valence-corrected chi connectivity index (χ0v) is 12.2. The van der Waals surface area contributed by atoms with Crippen molar-refractivity contribution in [3.8, 4) is 0 Å². The zero-order chi connectivity index (χ0) is 13.4. The van der Waals surface area contributed by atoms with Crippen LogP contribution in [-0.2, 0) is 6.42 Å². The molecular weight excluding hydrogens is 302 g/mol. The number of pyridine rings is 1. The Labute approximate surface area is 120 Å². The molecular formula is C15H14BrN3. The Morgan fingerprint density at radius 3 is 2.74 bits per heavy atom. The summed E-state index contributed by atoms with van der Waals surface area (Å²) in [7, 11) is 0.